The maximum Gasteiger partial charge on any atom is 0.233 e. The molecule has 1 heterocycles. The van der Waals surface area contributed by atoms with E-state index in [0.717, 1.165) is 23.1 Å². The van der Waals surface area contributed by atoms with Gasteiger partial charge in [0.2, 0.25) is 5.91 Å². The molecule has 3 rings (SSSR count). The van der Waals surface area contributed by atoms with Crippen LogP contribution in [0.25, 0.3) is 5.69 Å². The van der Waals surface area contributed by atoms with E-state index in [9.17, 15) is 4.79 Å². The lowest BCUT2D eigenvalue weighted by molar-refractivity contribution is -0.121. The van der Waals surface area contributed by atoms with Gasteiger partial charge in [-0.2, -0.15) is 0 Å². The molecule has 6 heteroatoms. The molecule has 29 heavy (non-hydrogen) atoms. The van der Waals surface area contributed by atoms with Crippen molar-refractivity contribution < 1.29 is 4.79 Å². The molecule has 2 aromatic carbocycles. The molecule has 0 aliphatic carbocycles. The number of nitrogens with zero attached hydrogens (tertiary/aromatic N) is 3. The van der Waals surface area contributed by atoms with Crippen molar-refractivity contribution >= 4 is 17.7 Å². The number of hydrogen-bond acceptors (Lipinski definition) is 4. The van der Waals surface area contributed by atoms with Crippen molar-refractivity contribution in [2.24, 2.45) is 0 Å². The van der Waals surface area contributed by atoms with Crippen LogP contribution >= 0.6 is 11.8 Å². The predicted octanol–water partition coefficient (Wildman–Crippen LogP) is 4.64. The highest BCUT2D eigenvalue weighted by atomic mass is 32.2. The third-order valence-corrected chi connectivity index (χ3v) is 5.96. The van der Waals surface area contributed by atoms with Gasteiger partial charge in [0.05, 0.1) is 5.25 Å². The number of thioether (sulfide) groups is 1. The summed E-state index contributed by atoms with van der Waals surface area (Å²) in [7, 11) is 0. The zero-order chi connectivity index (χ0) is 20.9. The smallest absolute Gasteiger partial charge is 0.233 e. The lowest BCUT2D eigenvalue weighted by Gasteiger charge is -2.26. The van der Waals surface area contributed by atoms with Gasteiger partial charge in [-0.1, -0.05) is 67.2 Å². The van der Waals surface area contributed by atoms with Gasteiger partial charge >= 0.3 is 0 Å². The molecule has 0 saturated carbocycles. The first-order chi connectivity index (χ1) is 13.9. The Morgan fingerprint density at radius 2 is 1.69 bits per heavy atom. The number of carbonyl (C=O) groups is 1. The Bertz CT molecular complexity index is 938. The number of aromatic nitrogens is 3. The molecule has 0 spiro atoms. The zero-order valence-corrected chi connectivity index (χ0v) is 18.2. The summed E-state index contributed by atoms with van der Waals surface area (Å²) in [5, 5.41) is 12.4. The first kappa shape index (κ1) is 21.1. The molecule has 0 aliphatic heterocycles. The van der Waals surface area contributed by atoms with Crippen molar-refractivity contribution in [1.82, 2.24) is 20.1 Å². The molecule has 0 aliphatic rings. The van der Waals surface area contributed by atoms with Crippen molar-refractivity contribution in [2.75, 3.05) is 0 Å². The summed E-state index contributed by atoms with van der Waals surface area (Å²) in [6.07, 6.45) is 1.55. The number of hydrogen-bond donors (Lipinski definition) is 1. The Hall–Kier alpha value is -2.60. The fourth-order valence-electron chi connectivity index (χ4n) is 2.84. The topological polar surface area (TPSA) is 59.8 Å². The minimum atomic E-state index is -0.280. The SMILES string of the molecule is CCC(C)(C)NC(=O)C(C)Sc1nnc(Cc2ccccc2)n1-c1ccccc1. The van der Waals surface area contributed by atoms with Gasteiger partial charge < -0.3 is 5.32 Å². The van der Waals surface area contributed by atoms with Crippen LogP contribution in [0.5, 0.6) is 0 Å². The summed E-state index contributed by atoms with van der Waals surface area (Å²) < 4.78 is 2.05. The van der Waals surface area contributed by atoms with Crippen LogP contribution in [0, 0.1) is 0 Å². The Morgan fingerprint density at radius 1 is 1.07 bits per heavy atom. The molecule has 0 bridgehead atoms. The third-order valence-electron chi connectivity index (χ3n) is 4.92. The fraction of sp³-hybridized carbons (Fsp3) is 0.348. The van der Waals surface area contributed by atoms with Crippen LogP contribution in [0.3, 0.4) is 0 Å². The number of benzene rings is 2. The van der Waals surface area contributed by atoms with E-state index in [2.05, 4.69) is 34.6 Å². The minimum absolute atomic E-state index is 0.00840. The quantitative estimate of drug-likeness (QED) is 0.552. The summed E-state index contributed by atoms with van der Waals surface area (Å²) in [4.78, 5) is 12.7. The predicted molar refractivity (Wildman–Crippen MR) is 118 cm³/mol. The van der Waals surface area contributed by atoms with E-state index in [4.69, 9.17) is 0 Å². The molecule has 0 saturated heterocycles. The highest BCUT2D eigenvalue weighted by Gasteiger charge is 2.25. The van der Waals surface area contributed by atoms with Crippen molar-refractivity contribution in [3.05, 3.63) is 72.1 Å². The molecule has 152 valence electrons. The lowest BCUT2D eigenvalue weighted by atomic mass is 10.0. The molecule has 1 aromatic heterocycles. The molecule has 3 aromatic rings. The fourth-order valence-corrected chi connectivity index (χ4v) is 3.73. The lowest BCUT2D eigenvalue weighted by Crippen LogP contribution is -2.46. The summed E-state index contributed by atoms with van der Waals surface area (Å²) in [6, 6.07) is 20.3. The second-order valence-electron chi connectivity index (χ2n) is 7.72. The standard InChI is InChI=1S/C23H28N4OS/c1-5-23(3,4)24-21(28)17(2)29-22-26-25-20(16-18-12-8-6-9-13-18)27(22)19-14-10-7-11-15-19/h6-15,17H,5,16H2,1-4H3,(H,24,28). The molecule has 1 amide bonds. The molecule has 1 unspecified atom stereocenters. The van der Waals surface area contributed by atoms with Gasteiger partial charge in [-0.15, -0.1) is 10.2 Å². The first-order valence-electron chi connectivity index (χ1n) is 9.92. The zero-order valence-electron chi connectivity index (χ0n) is 17.4. The average Bonchev–Trinajstić information content (AvgIpc) is 3.11. The molecule has 5 nitrogen and oxygen atoms in total. The van der Waals surface area contributed by atoms with Crippen LogP contribution in [-0.2, 0) is 11.2 Å². The number of para-hydroxylation sites is 1. The largest absolute Gasteiger partial charge is 0.350 e. The van der Waals surface area contributed by atoms with Crippen molar-refractivity contribution in [3.8, 4) is 5.69 Å². The molecule has 1 N–H and O–H groups in total. The summed E-state index contributed by atoms with van der Waals surface area (Å²) in [5.74, 6) is 0.862. The van der Waals surface area contributed by atoms with Gasteiger partial charge in [0.1, 0.15) is 5.82 Å². The van der Waals surface area contributed by atoms with Gasteiger partial charge in [-0.25, -0.2) is 0 Å². The van der Waals surface area contributed by atoms with Gasteiger partial charge in [-0.3, -0.25) is 9.36 Å². The van der Waals surface area contributed by atoms with Crippen LogP contribution in [0.4, 0.5) is 0 Å². The first-order valence-corrected chi connectivity index (χ1v) is 10.8. The molecule has 1 atom stereocenters. The second-order valence-corrected chi connectivity index (χ2v) is 9.03. The maximum atomic E-state index is 12.7. The number of amides is 1. The van der Waals surface area contributed by atoms with Crippen molar-refractivity contribution in [3.63, 3.8) is 0 Å². The van der Waals surface area contributed by atoms with Gasteiger partial charge in [-0.05, 0) is 44.9 Å². The van der Waals surface area contributed by atoms with Crippen LogP contribution in [-0.4, -0.2) is 31.5 Å². The average molecular weight is 409 g/mol. The van der Waals surface area contributed by atoms with Crippen LogP contribution in [0.2, 0.25) is 0 Å². The maximum absolute atomic E-state index is 12.7. The van der Waals surface area contributed by atoms with Gasteiger partial charge in [0.15, 0.2) is 5.16 Å². The molecular weight excluding hydrogens is 380 g/mol. The van der Waals surface area contributed by atoms with Crippen LogP contribution in [0.1, 0.15) is 45.5 Å². The van der Waals surface area contributed by atoms with E-state index in [-0.39, 0.29) is 16.7 Å². The minimum Gasteiger partial charge on any atom is -0.350 e. The van der Waals surface area contributed by atoms with Crippen molar-refractivity contribution in [1.29, 1.82) is 0 Å². The van der Waals surface area contributed by atoms with E-state index in [1.807, 2.05) is 73.9 Å². The number of carbonyl (C=O) groups excluding carboxylic acids is 1. The summed E-state index contributed by atoms with van der Waals surface area (Å²) in [5.41, 5.74) is 1.94. The van der Waals surface area contributed by atoms with Crippen molar-refractivity contribution in [2.45, 2.75) is 56.5 Å². The van der Waals surface area contributed by atoms with E-state index in [1.54, 1.807) is 0 Å². The molecule has 0 radical (unpaired) electrons. The summed E-state index contributed by atoms with van der Waals surface area (Å²) >= 11 is 1.43. The highest BCUT2D eigenvalue weighted by molar-refractivity contribution is 8.00. The number of nitrogens with one attached hydrogen (secondary N) is 1. The van der Waals surface area contributed by atoms with E-state index < -0.39 is 0 Å². The number of rotatable bonds is 8. The van der Waals surface area contributed by atoms with Gasteiger partial charge in [0, 0.05) is 17.6 Å². The molecular formula is C23H28N4OS. The highest BCUT2D eigenvalue weighted by Crippen LogP contribution is 2.27. The monoisotopic (exact) mass is 408 g/mol. The van der Waals surface area contributed by atoms with E-state index in [1.165, 1.54) is 17.3 Å². The summed E-state index contributed by atoms with van der Waals surface area (Å²) in [6.45, 7) is 8.05. The second kappa shape index (κ2) is 9.27. The van der Waals surface area contributed by atoms with Crippen LogP contribution in [0.15, 0.2) is 65.8 Å². The third kappa shape index (κ3) is 5.48. The molecule has 0 fully saturated rings. The Morgan fingerprint density at radius 3 is 2.31 bits per heavy atom. The normalized spacial score (nSPS) is 12.6. The Labute approximate surface area is 176 Å². The van der Waals surface area contributed by atoms with E-state index in [0.29, 0.717) is 6.42 Å². The Balaban J connectivity index is 1.88. The van der Waals surface area contributed by atoms with Crippen LogP contribution < -0.4 is 5.32 Å². The Kier molecular flexibility index (Phi) is 6.75. The van der Waals surface area contributed by atoms with E-state index >= 15 is 0 Å². The van der Waals surface area contributed by atoms with Gasteiger partial charge in [0.25, 0.3) is 0 Å².